The zero-order valence-electron chi connectivity index (χ0n) is 8.89. The molecule has 3 heteroatoms. The van der Waals surface area contributed by atoms with Crippen LogP contribution in [0.2, 0.25) is 0 Å². The molecule has 0 unspecified atom stereocenters. The molecule has 0 aromatic carbocycles. The van der Waals surface area contributed by atoms with E-state index >= 15 is 0 Å². The Balaban J connectivity index is 1.97. The third kappa shape index (κ3) is 1.37. The smallest absolute Gasteiger partial charge is 0.139 e. The van der Waals surface area contributed by atoms with Crippen LogP contribution in [-0.4, -0.2) is 31.2 Å². The van der Waals surface area contributed by atoms with E-state index in [0.29, 0.717) is 18.1 Å². The lowest BCUT2D eigenvalue weighted by Gasteiger charge is -2.32. The van der Waals surface area contributed by atoms with E-state index < -0.39 is 0 Å². The Morgan fingerprint density at radius 3 is 3.00 bits per heavy atom. The number of methoxy groups -OCH3 is 1. The highest BCUT2D eigenvalue weighted by atomic mass is 16.5. The van der Waals surface area contributed by atoms with E-state index in [1.807, 2.05) is 6.08 Å². The summed E-state index contributed by atoms with van der Waals surface area (Å²) in [5.74, 6) is 0.870. The summed E-state index contributed by atoms with van der Waals surface area (Å²) in [5, 5.41) is 0. The van der Waals surface area contributed by atoms with E-state index in [4.69, 9.17) is 9.47 Å². The van der Waals surface area contributed by atoms with Gasteiger partial charge in [0.05, 0.1) is 12.2 Å². The van der Waals surface area contributed by atoms with Gasteiger partial charge in [-0.2, -0.15) is 0 Å². The highest BCUT2D eigenvalue weighted by molar-refractivity contribution is 5.83. The minimum absolute atomic E-state index is 0.0152. The molecule has 15 heavy (non-hydrogen) atoms. The second-order valence-electron chi connectivity index (χ2n) is 4.76. The number of fused-ring (bicyclic) bond motifs is 2. The molecule has 0 radical (unpaired) electrons. The van der Waals surface area contributed by atoms with Crippen molar-refractivity contribution in [3.05, 3.63) is 12.2 Å². The van der Waals surface area contributed by atoms with Crippen LogP contribution < -0.4 is 0 Å². The molecule has 0 N–H and O–H groups in total. The highest BCUT2D eigenvalue weighted by Crippen LogP contribution is 2.41. The fraction of sp³-hybridized carbons (Fsp3) is 0.750. The molecule has 3 heterocycles. The molecule has 5 atom stereocenters. The van der Waals surface area contributed by atoms with Gasteiger partial charge in [0.2, 0.25) is 0 Å². The fourth-order valence-electron chi connectivity index (χ4n) is 3.15. The molecule has 0 spiro atoms. The molecule has 0 amide bonds. The summed E-state index contributed by atoms with van der Waals surface area (Å²) in [4.78, 5) is 11.9. The summed E-state index contributed by atoms with van der Waals surface area (Å²) in [7, 11) is 1.71. The Kier molecular flexibility index (Phi) is 2.18. The van der Waals surface area contributed by atoms with Crippen molar-refractivity contribution in [2.75, 3.05) is 7.11 Å². The SMILES string of the molecule is CO[C@H]1C=C[C@@H]2O[C@H]1[C@H]1CC[C@@H]2C(=O)C1. The van der Waals surface area contributed by atoms with Gasteiger partial charge in [-0.25, -0.2) is 0 Å². The number of ether oxygens (including phenoxy) is 2. The number of hydrogen-bond acceptors (Lipinski definition) is 3. The number of carbonyl (C=O) groups is 1. The molecule has 0 aromatic heterocycles. The Morgan fingerprint density at radius 1 is 1.40 bits per heavy atom. The fourth-order valence-corrected chi connectivity index (χ4v) is 3.15. The van der Waals surface area contributed by atoms with Crippen LogP contribution in [-0.2, 0) is 14.3 Å². The maximum Gasteiger partial charge on any atom is 0.139 e. The number of carbonyl (C=O) groups excluding carboxylic acids is 1. The van der Waals surface area contributed by atoms with Crippen LogP contribution >= 0.6 is 0 Å². The van der Waals surface area contributed by atoms with E-state index in [0.717, 1.165) is 12.8 Å². The zero-order chi connectivity index (χ0) is 10.4. The van der Waals surface area contributed by atoms with Gasteiger partial charge in [0.1, 0.15) is 11.9 Å². The summed E-state index contributed by atoms with van der Waals surface area (Å²) < 4.78 is 11.4. The predicted octanol–water partition coefficient (Wildman–Crippen LogP) is 1.32. The maximum atomic E-state index is 11.9. The second kappa shape index (κ2) is 3.42. The van der Waals surface area contributed by atoms with E-state index in [9.17, 15) is 4.79 Å². The molecule has 1 aliphatic carbocycles. The van der Waals surface area contributed by atoms with Crippen LogP contribution in [0.15, 0.2) is 12.2 Å². The lowest BCUT2D eigenvalue weighted by atomic mass is 9.78. The molecule has 1 saturated carbocycles. The topological polar surface area (TPSA) is 35.5 Å². The van der Waals surface area contributed by atoms with Crippen LogP contribution in [0, 0.1) is 11.8 Å². The van der Waals surface area contributed by atoms with Crippen molar-refractivity contribution in [1.29, 1.82) is 0 Å². The summed E-state index contributed by atoms with van der Waals surface area (Å²) >= 11 is 0. The van der Waals surface area contributed by atoms with Crippen molar-refractivity contribution < 1.29 is 14.3 Å². The predicted molar refractivity (Wildman–Crippen MR) is 54.4 cm³/mol. The Labute approximate surface area is 89.4 Å². The molecule has 4 rings (SSSR count). The Morgan fingerprint density at radius 2 is 2.27 bits per heavy atom. The van der Waals surface area contributed by atoms with E-state index in [2.05, 4.69) is 6.08 Å². The maximum absolute atomic E-state index is 11.9. The van der Waals surface area contributed by atoms with Gasteiger partial charge in [-0.1, -0.05) is 12.2 Å². The lowest BCUT2D eigenvalue weighted by Crippen LogP contribution is -2.39. The van der Waals surface area contributed by atoms with Gasteiger partial charge in [-0.05, 0) is 18.8 Å². The molecule has 3 fully saturated rings. The monoisotopic (exact) mass is 208 g/mol. The summed E-state index contributed by atoms with van der Waals surface area (Å²) in [5.41, 5.74) is 0. The van der Waals surface area contributed by atoms with Gasteiger partial charge in [0.25, 0.3) is 0 Å². The first-order valence-electron chi connectivity index (χ1n) is 5.69. The van der Waals surface area contributed by atoms with E-state index in [1.54, 1.807) is 7.11 Å². The number of rotatable bonds is 1. The highest BCUT2D eigenvalue weighted by Gasteiger charge is 2.46. The lowest BCUT2D eigenvalue weighted by molar-refractivity contribution is -0.126. The van der Waals surface area contributed by atoms with Gasteiger partial charge < -0.3 is 9.47 Å². The van der Waals surface area contributed by atoms with Crippen LogP contribution in [0.1, 0.15) is 19.3 Å². The average molecular weight is 208 g/mol. The molecule has 4 bridgehead atoms. The first-order valence-corrected chi connectivity index (χ1v) is 5.69. The minimum atomic E-state index is 0.0152. The number of Topliss-reactive ketones (excluding diaryl/α,β-unsaturated/α-hetero) is 1. The van der Waals surface area contributed by atoms with Crippen molar-refractivity contribution >= 4 is 5.78 Å². The van der Waals surface area contributed by atoms with Crippen LogP contribution in [0.5, 0.6) is 0 Å². The first-order chi connectivity index (χ1) is 7.29. The van der Waals surface area contributed by atoms with Crippen LogP contribution in [0.25, 0.3) is 0 Å². The van der Waals surface area contributed by atoms with Crippen LogP contribution in [0.4, 0.5) is 0 Å². The van der Waals surface area contributed by atoms with Gasteiger partial charge in [-0.15, -0.1) is 0 Å². The third-order valence-electron chi connectivity index (χ3n) is 3.99. The zero-order valence-corrected chi connectivity index (χ0v) is 8.89. The summed E-state index contributed by atoms with van der Waals surface area (Å²) in [6.45, 7) is 0. The van der Waals surface area contributed by atoms with Crippen molar-refractivity contribution in [3.8, 4) is 0 Å². The molecule has 0 aromatic rings. The molecular formula is C12H16O3. The van der Waals surface area contributed by atoms with Gasteiger partial charge in [-0.3, -0.25) is 4.79 Å². The largest absolute Gasteiger partial charge is 0.375 e. The van der Waals surface area contributed by atoms with E-state index in [-0.39, 0.29) is 24.2 Å². The van der Waals surface area contributed by atoms with Gasteiger partial charge >= 0.3 is 0 Å². The molecule has 82 valence electrons. The van der Waals surface area contributed by atoms with Crippen LogP contribution in [0.3, 0.4) is 0 Å². The number of hydrogen-bond donors (Lipinski definition) is 0. The minimum Gasteiger partial charge on any atom is -0.375 e. The average Bonchev–Trinajstić information content (AvgIpc) is 2.45. The second-order valence-corrected chi connectivity index (χ2v) is 4.76. The standard InChI is InChI=1S/C12H16O3/c1-14-11-5-4-10-8-3-2-7(6-9(8)13)12(11)15-10/h4-5,7-8,10-12H,2-3,6H2,1H3/t7-,8+,10-,11-,12-/m0/s1. The molecular weight excluding hydrogens is 192 g/mol. The molecule has 3 nitrogen and oxygen atoms in total. The first kappa shape index (κ1) is 9.55. The summed E-state index contributed by atoms with van der Waals surface area (Å²) in [6, 6.07) is 0. The quantitative estimate of drug-likeness (QED) is 0.610. The molecule has 3 aliphatic heterocycles. The molecule has 4 aliphatic rings. The Bertz CT molecular complexity index is 310. The summed E-state index contributed by atoms with van der Waals surface area (Å²) in [6.07, 6.45) is 7.03. The van der Waals surface area contributed by atoms with E-state index in [1.165, 1.54) is 0 Å². The van der Waals surface area contributed by atoms with Crippen molar-refractivity contribution in [2.24, 2.45) is 11.8 Å². The van der Waals surface area contributed by atoms with Gasteiger partial charge in [0.15, 0.2) is 0 Å². The van der Waals surface area contributed by atoms with Crippen molar-refractivity contribution in [2.45, 2.75) is 37.6 Å². The third-order valence-corrected chi connectivity index (χ3v) is 3.99. The molecule has 2 saturated heterocycles. The number of ketones is 1. The van der Waals surface area contributed by atoms with Crippen molar-refractivity contribution in [1.82, 2.24) is 0 Å². The van der Waals surface area contributed by atoms with Crippen molar-refractivity contribution in [3.63, 3.8) is 0 Å². The normalized spacial score (nSPS) is 48.1. The Hall–Kier alpha value is -0.670. The van der Waals surface area contributed by atoms with Gasteiger partial charge in [0, 0.05) is 19.4 Å².